The van der Waals surface area contributed by atoms with Crippen molar-refractivity contribution in [3.63, 3.8) is 0 Å². The molecule has 2 atom stereocenters. The quantitative estimate of drug-likeness (QED) is 0.597. The maximum Gasteiger partial charge on any atom is 0.341 e. The summed E-state index contributed by atoms with van der Waals surface area (Å²) in [5.41, 5.74) is -1.49. The number of nitrogens with zero attached hydrogens (tertiary/aromatic N) is 3. The fourth-order valence-corrected chi connectivity index (χ4v) is 3.24. The van der Waals surface area contributed by atoms with E-state index in [0.29, 0.717) is 18.9 Å². The number of hydrogen-bond acceptors (Lipinski definition) is 5. The average Bonchev–Trinajstić information content (AvgIpc) is 3.58. The first-order valence-corrected chi connectivity index (χ1v) is 8.81. The third-order valence-corrected chi connectivity index (χ3v) is 4.87. The molecular formula is C19H17N3O5. The van der Waals surface area contributed by atoms with Gasteiger partial charge in [0.1, 0.15) is 0 Å². The lowest BCUT2D eigenvalue weighted by Gasteiger charge is -2.13. The summed E-state index contributed by atoms with van der Waals surface area (Å²) >= 11 is 0. The van der Waals surface area contributed by atoms with Crippen LogP contribution in [0.25, 0.3) is 16.5 Å². The van der Waals surface area contributed by atoms with Gasteiger partial charge in [0, 0.05) is 0 Å². The molecule has 0 amide bonds. The monoisotopic (exact) mass is 367 g/mol. The van der Waals surface area contributed by atoms with Crippen molar-refractivity contribution in [3.8, 4) is 5.69 Å². The number of epoxide rings is 2. The zero-order valence-corrected chi connectivity index (χ0v) is 14.4. The second-order valence-electron chi connectivity index (χ2n) is 6.85. The summed E-state index contributed by atoms with van der Waals surface area (Å²) in [5.74, 6) is 0. The maximum absolute atomic E-state index is 13.0. The van der Waals surface area contributed by atoms with E-state index in [2.05, 4.69) is 0 Å². The Labute approximate surface area is 152 Å². The van der Waals surface area contributed by atoms with Crippen molar-refractivity contribution < 1.29 is 9.47 Å². The lowest BCUT2D eigenvalue weighted by Crippen LogP contribution is -2.54. The SMILES string of the molecule is O=c1n(CC2CO2)c(=O)n(-c2ccc3ccccc3c2)c(=O)n1CC1CO1. The minimum Gasteiger partial charge on any atom is -0.371 e. The van der Waals surface area contributed by atoms with Gasteiger partial charge in [-0.3, -0.25) is 0 Å². The molecule has 2 unspecified atom stereocenters. The van der Waals surface area contributed by atoms with Crippen LogP contribution >= 0.6 is 0 Å². The molecule has 8 heteroatoms. The van der Waals surface area contributed by atoms with Crippen molar-refractivity contribution in [2.45, 2.75) is 25.3 Å². The molecule has 138 valence electrons. The van der Waals surface area contributed by atoms with Crippen LogP contribution in [-0.4, -0.2) is 39.1 Å². The Hall–Kier alpha value is -2.97. The standard InChI is InChI=1S/C19H17N3O5/c23-17-20(8-15-10-26-15)18(24)22(19(25)21(17)9-16-11-27-16)14-6-5-12-3-1-2-4-13(12)7-14/h1-7,15-16H,8-11H2. The van der Waals surface area contributed by atoms with E-state index in [1.54, 1.807) is 12.1 Å². The summed E-state index contributed by atoms with van der Waals surface area (Å²) in [7, 11) is 0. The summed E-state index contributed by atoms with van der Waals surface area (Å²) in [6.07, 6.45) is -0.327. The third kappa shape index (κ3) is 2.92. The normalized spacial score (nSPS) is 20.7. The molecule has 2 fully saturated rings. The van der Waals surface area contributed by atoms with Gasteiger partial charge in [-0.15, -0.1) is 0 Å². The van der Waals surface area contributed by atoms with E-state index in [1.807, 2.05) is 30.3 Å². The first-order valence-electron chi connectivity index (χ1n) is 8.81. The molecule has 27 heavy (non-hydrogen) atoms. The number of fused-ring (bicyclic) bond motifs is 1. The topological polar surface area (TPSA) is 91.1 Å². The van der Waals surface area contributed by atoms with Crippen molar-refractivity contribution in [1.29, 1.82) is 0 Å². The fourth-order valence-electron chi connectivity index (χ4n) is 3.24. The Balaban J connectivity index is 1.74. The molecule has 3 aromatic rings. The summed E-state index contributed by atoms with van der Waals surface area (Å²) in [6, 6.07) is 13.0. The van der Waals surface area contributed by atoms with E-state index in [4.69, 9.17) is 9.47 Å². The molecule has 0 bridgehead atoms. The molecule has 0 aliphatic carbocycles. The largest absolute Gasteiger partial charge is 0.371 e. The summed E-state index contributed by atoms with van der Waals surface area (Å²) in [4.78, 5) is 38.7. The number of benzene rings is 2. The highest BCUT2D eigenvalue weighted by molar-refractivity contribution is 5.84. The van der Waals surface area contributed by atoms with Gasteiger partial charge >= 0.3 is 17.1 Å². The van der Waals surface area contributed by atoms with Crippen molar-refractivity contribution in [2.75, 3.05) is 13.2 Å². The third-order valence-electron chi connectivity index (χ3n) is 4.87. The molecule has 3 heterocycles. The van der Waals surface area contributed by atoms with Crippen LogP contribution < -0.4 is 17.1 Å². The van der Waals surface area contributed by atoms with E-state index >= 15 is 0 Å². The summed E-state index contributed by atoms with van der Waals surface area (Å²) in [6.45, 7) is 1.29. The van der Waals surface area contributed by atoms with Crippen LogP contribution in [0.1, 0.15) is 0 Å². The second-order valence-corrected chi connectivity index (χ2v) is 6.85. The van der Waals surface area contributed by atoms with E-state index in [-0.39, 0.29) is 25.3 Å². The van der Waals surface area contributed by atoms with Gasteiger partial charge in [-0.25, -0.2) is 28.1 Å². The molecule has 2 aliphatic rings. The van der Waals surface area contributed by atoms with Crippen molar-refractivity contribution in [1.82, 2.24) is 13.7 Å². The van der Waals surface area contributed by atoms with Crippen LogP contribution in [0, 0.1) is 0 Å². The molecule has 2 aromatic carbocycles. The smallest absolute Gasteiger partial charge is 0.341 e. The molecular weight excluding hydrogens is 350 g/mol. The van der Waals surface area contributed by atoms with Gasteiger partial charge in [-0.1, -0.05) is 30.3 Å². The van der Waals surface area contributed by atoms with Gasteiger partial charge in [0.25, 0.3) is 0 Å². The number of hydrogen-bond donors (Lipinski definition) is 0. The van der Waals surface area contributed by atoms with Crippen LogP contribution in [0.2, 0.25) is 0 Å². The van der Waals surface area contributed by atoms with E-state index in [0.717, 1.165) is 24.5 Å². The molecule has 1 aromatic heterocycles. The van der Waals surface area contributed by atoms with Crippen molar-refractivity contribution >= 4 is 10.8 Å². The predicted molar refractivity (Wildman–Crippen MR) is 97.5 cm³/mol. The molecule has 8 nitrogen and oxygen atoms in total. The van der Waals surface area contributed by atoms with Gasteiger partial charge in [0.15, 0.2) is 0 Å². The van der Waals surface area contributed by atoms with Crippen molar-refractivity contribution in [3.05, 3.63) is 73.9 Å². The zero-order chi connectivity index (χ0) is 18.5. The molecule has 5 rings (SSSR count). The molecule has 0 spiro atoms. The minimum atomic E-state index is -0.649. The average molecular weight is 367 g/mol. The summed E-state index contributed by atoms with van der Waals surface area (Å²) < 4.78 is 13.6. The van der Waals surface area contributed by atoms with E-state index in [9.17, 15) is 14.4 Å². The Bertz CT molecular complexity index is 1160. The predicted octanol–water partition coefficient (Wildman–Crippen LogP) is 0.112. The lowest BCUT2D eigenvalue weighted by molar-refractivity contribution is 0.348. The maximum atomic E-state index is 13.0. The molecule has 0 saturated carbocycles. The van der Waals surface area contributed by atoms with Crippen LogP contribution in [0.5, 0.6) is 0 Å². The Morgan fingerprint density at radius 3 is 1.89 bits per heavy atom. The molecule has 2 aliphatic heterocycles. The fraction of sp³-hybridized carbons (Fsp3) is 0.316. The summed E-state index contributed by atoms with van der Waals surface area (Å²) in [5, 5.41) is 1.90. The Morgan fingerprint density at radius 2 is 1.33 bits per heavy atom. The van der Waals surface area contributed by atoms with Crippen molar-refractivity contribution in [2.24, 2.45) is 0 Å². The van der Waals surface area contributed by atoms with Gasteiger partial charge in [-0.2, -0.15) is 0 Å². The molecule has 2 saturated heterocycles. The second kappa shape index (κ2) is 6.04. The first kappa shape index (κ1) is 16.2. The zero-order valence-electron chi connectivity index (χ0n) is 14.4. The lowest BCUT2D eigenvalue weighted by atomic mass is 10.1. The van der Waals surface area contributed by atoms with Crippen LogP contribution in [0.15, 0.2) is 56.8 Å². The van der Waals surface area contributed by atoms with Crippen LogP contribution in [0.4, 0.5) is 0 Å². The van der Waals surface area contributed by atoms with E-state index < -0.39 is 17.1 Å². The number of aromatic nitrogens is 3. The van der Waals surface area contributed by atoms with E-state index in [1.165, 1.54) is 0 Å². The minimum absolute atomic E-state index is 0.136. The van der Waals surface area contributed by atoms with Gasteiger partial charge in [0.2, 0.25) is 0 Å². The Morgan fingerprint density at radius 1 is 0.778 bits per heavy atom. The highest BCUT2D eigenvalue weighted by Gasteiger charge is 2.29. The number of rotatable bonds is 5. The molecule has 0 N–H and O–H groups in total. The van der Waals surface area contributed by atoms with Gasteiger partial charge < -0.3 is 9.47 Å². The Kier molecular flexibility index (Phi) is 3.63. The highest BCUT2D eigenvalue weighted by Crippen LogP contribution is 2.17. The van der Waals surface area contributed by atoms with Gasteiger partial charge in [0.05, 0.1) is 44.2 Å². The number of ether oxygens (including phenoxy) is 2. The molecule has 0 radical (unpaired) electrons. The first-order chi connectivity index (χ1) is 13.1. The van der Waals surface area contributed by atoms with Gasteiger partial charge in [-0.05, 0) is 22.9 Å². The van der Waals surface area contributed by atoms with Crippen LogP contribution in [0.3, 0.4) is 0 Å². The highest BCUT2D eigenvalue weighted by atomic mass is 16.6. The van der Waals surface area contributed by atoms with Crippen LogP contribution in [-0.2, 0) is 22.6 Å².